The molecule has 0 aromatic carbocycles. The topological polar surface area (TPSA) is 93.0 Å². The van der Waals surface area contributed by atoms with Crippen molar-refractivity contribution in [1.82, 2.24) is 9.97 Å². The van der Waals surface area contributed by atoms with Crippen LogP contribution in [0.1, 0.15) is 39.5 Å². The van der Waals surface area contributed by atoms with Gasteiger partial charge in [-0.25, -0.2) is 9.97 Å². The molecule has 7 nitrogen and oxygen atoms in total. The van der Waals surface area contributed by atoms with Gasteiger partial charge in [-0.15, -0.1) is 0 Å². The van der Waals surface area contributed by atoms with Gasteiger partial charge in [-0.05, 0) is 26.7 Å². The zero-order chi connectivity index (χ0) is 13.9. The fourth-order valence-electron chi connectivity index (χ4n) is 2.51. The molecular formula is C12H19N5O2. The lowest BCUT2D eigenvalue weighted by molar-refractivity contribution is -0.383. The Balaban J connectivity index is 2.33. The Morgan fingerprint density at radius 1 is 1.37 bits per heavy atom. The molecule has 0 aliphatic heterocycles. The summed E-state index contributed by atoms with van der Waals surface area (Å²) in [6.07, 6.45) is 5.64. The molecule has 104 valence electrons. The highest BCUT2D eigenvalue weighted by Gasteiger charge is 2.32. The van der Waals surface area contributed by atoms with Gasteiger partial charge in [0.25, 0.3) is 0 Å². The monoisotopic (exact) mass is 265 g/mol. The minimum atomic E-state index is -0.432. The number of aromatic nitrogens is 2. The third-order valence-electron chi connectivity index (χ3n) is 3.48. The van der Waals surface area contributed by atoms with Crippen molar-refractivity contribution < 1.29 is 4.92 Å². The van der Waals surface area contributed by atoms with Gasteiger partial charge in [0, 0.05) is 12.1 Å². The molecule has 0 spiro atoms. The van der Waals surface area contributed by atoms with Crippen LogP contribution in [-0.2, 0) is 0 Å². The number of nitrogens with one attached hydrogen (secondary N) is 2. The lowest BCUT2D eigenvalue weighted by Gasteiger charge is -2.25. The smallest absolute Gasteiger partial charge is 0.353 e. The lowest BCUT2D eigenvalue weighted by Crippen LogP contribution is -2.31. The maximum absolute atomic E-state index is 11.2. The van der Waals surface area contributed by atoms with Gasteiger partial charge < -0.3 is 10.6 Å². The Kier molecular flexibility index (Phi) is 3.82. The summed E-state index contributed by atoms with van der Waals surface area (Å²) < 4.78 is 0. The lowest BCUT2D eigenvalue weighted by atomic mass is 10.0. The first-order valence-corrected chi connectivity index (χ1v) is 6.57. The van der Waals surface area contributed by atoms with Crippen LogP contribution in [0.15, 0.2) is 6.33 Å². The molecule has 0 saturated heterocycles. The number of nitro groups is 1. The van der Waals surface area contributed by atoms with Gasteiger partial charge in [0.1, 0.15) is 6.33 Å². The van der Waals surface area contributed by atoms with Gasteiger partial charge in [0.05, 0.1) is 4.92 Å². The number of hydrogen-bond donors (Lipinski definition) is 2. The Hall–Kier alpha value is -1.92. The van der Waals surface area contributed by atoms with Crippen LogP contribution in [0, 0.1) is 10.1 Å². The quantitative estimate of drug-likeness (QED) is 0.627. The summed E-state index contributed by atoms with van der Waals surface area (Å²) in [6.45, 7) is 4.53. The second kappa shape index (κ2) is 5.38. The molecule has 7 heteroatoms. The maximum Gasteiger partial charge on any atom is 0.353 e. The summed E-state index contributed by atoms with van der Waals surface area (Å²) in [5.41, 5.74) is -0.180. The van der Waals surface area contributed by atoms with E-state index >= 15 is 0 Å². The molecule has 1 aliphatic carbocycles. The van der Waals surface area contributed by atoms with Gasteiger partial charge in [-0.2, -0.15) is 0 Å². The van der Waals surface area contributed by atoms with Crippen LogP contribution in [0.3, 0.4) is 0 Å². The van der Waals surface area contributed by atoms with E-state index in [1.165, 1.54) is 6.33 Å². The molecule has 1 aromatic rings. The van der Waals surface area contributed by atoms with Gasteiger partial charge in [-0.1, -0.05) is 12.8 Å². The normalized spacial score (nSPS) is 17.2. The van der Waals surface area contributed by atoms with E-state index in [4.69, 9.17) is 0 Å². The third-order valence-corrected chi connectivity index (χ3v) is 3.48. The minimum absolute atomic E-state index is 0.0718. The average Bonchev–Trinajstić information content (AvgIpc) is 2.76. The summed E-state index contributed by atoms with van der Waals surface area (Å²) in [5, 5.41) is 17.4. The van der Waals surface area contributed by atoms with Crippen molar-refractivity contribution in [3.63, 3.8) is 0 Å². The SMILES string of the molecule is CCNc1ncnc(NC2(C)CCCC2)c1[N+](=O)[O-]. The second-order valence-corrected chi connectivity index (χ2v) is 5.10. The molecule has 0 bridgehead atoms. The zero-order valence-corrected chi connectivity index (χ0v) is 11.3. The molecule has 1 aliphatic rings. The van der Waals surface area contributed by atoms with E-state index in [1.54, 1.807) is 0 Å². The molecule has 1 heterocycles. The number of nitrogens with zero attached hydrogens (tertiary/aromatic N) is 3. The molecule has 1 aromatic heterocycles. The van der Waals surface area contributed by atoms with E-state index in [1.807, 2.05) is 6.92 Å². The second-order valence-electron chi connectivity index (χ2n) is 5.10. The van der Waals surface area contributed by atoms with E-state index in [2.05, 4.69) is 27.5 Å². The first-order chi connectivity index (χ1) is 9.06. The first kappa shape index (κ1) is 13.5. The van der Waals surface area contributed by atoms with E-state index in [9.17, 15) is 10.1 Å². The predicted molar refractivity (Wildman–Crippen MR) is 73.3 cm³/mol. The number of anilines is 2. The Morgan fingerprint density at radius 3 is 2.58 bits per heavy atom. The molecule has 0 radical (unpaired) electrons. The fraction of sp³-hybridized carbons (Fsp3) is 0.667. The Morgan fingerprint density at radius 2 is 2.00 bits per heavy atom. The molecule has 0 atom stereocenters. The van der Waals surface area contributed by atoms with Crippen LogP contribution in [0.2, 0.25) is 0 Å². The van der Waals surface area contributed by atoms with Crippen molar-refractivity contribution in [3.8, 4) is 0 Å². The largest absolute Gasteiger partial charge is 0.364 e. The predicted octanol–water partition coefficient (Wildman–Crippen LogP) is 2.56. The molecule has 2 N–H and O–H groups in total. The van der Waals surface area contributed by atoms with Crippen molar-refractivity contribution in [2.24, 2.45) is 0 Å². The Bertz CT molecular complexity index is 471. The standard InChI is InChI=1S/C12H19N5O2/c1-3-13-10-9(17(18)19)11(15-8-14-10)16-12(2)6-4-5-7-12/h8H,3-7H2,1-2H3,(H2,13,14,15,16). The third kappa shape index (κ3) is 2.91. The van der Waals surface area contributed by atoms with Crippen molar-refractivity contribution in [2.45, 2.75) is 45.1 Å². The highest BCUT2D eigenvalue weighted by atomic mass is 16.6. The molecule has 0 amide bonds. The van der Waals surface area contributed by atoms with Crippen LogP contribution in [0.4, 0.5) is 17.3 Å². The van der Waals surface area contributed by atoms with E-state index in [-0.39, 0.29) is 17.0 Å². The maximum atomic E-state index is 11.2. The Labute approximate surface area is 112 Å². The van der Waals surface area contributed by atoms with E-state index in [0.717, 1.165) is 25.7 Å². The molecule has 1 saturated carbocycles. The summed E-state index contributed by atoms with van der Waals surface area (Å²) in [4.78, 5) is 18.8. The molecule has 19 heavy (non-hydrogen) atoms. The summed E-state index contributed by atoms with van der Waals surface area (Å²) >= 11 is 0. The average molecular weight is 265 g/mol. The highest BCUT2D eigenvalue weighted by Crippen LogP contribution is 2.36. The summed E-state index contributed by atoms with van der Waals surface area (Å²) in [5.74, 6) is 0.576. The molecule has 0 unspecified atom stereocenters. The van der Waals surface area contributed by atoms with Gasteiger partial charge in [-0.3, -0.25) is 10.1 Å². The fourth-order valence-corrected chi connectivity index (χ4v) is 2.51. The number of rotatable bonds is 5. The van der Waals surface area contributed by atoms with E-state index in [0.29, 0.717) is 12.4 Å². The highest BCUT2D eigenvalue weighted by molar-refractivity contribution is 5.69. The van der Waals surface area contributed by atoms with Crippen LogP contribution >= 0.6 is 0 Å². The summed E-state index contributed by atoms with van der Waals surface area (Å²) in [6, 6.07) is 0. The number of hydrogen-bond acceptors (Lipinski definition) is 6. The van der Waals surface area contributed by atoms with Crippen LogP contribution < -0.4 is 10.6 Å². The van der Waals surface area contributed by atoms with Gasteiger partial charge in [0.15, 0.2) is 0 Å². The molecule has 2 rings (SSSR count). The van der Waals surface area contributed by atoms with E-state index < -0.39 is 4.92 Å². The van der Waals surface area contributed by atoms with Crippen LogP contribution in [-0.4, -0.2) is 27.0 Å². The van der Waals surface area contributed by atoms with Crippen molar-refractivity contribution in [3.05, 3.63) is 16.4 Å². The van der Waals surface area contributed by atoms with Crippen molar-refractivity contribution in [1.29, 1.82) is 0 Å². The van der Waals surface area contributed by atoms with Crippen molar-refractivity contribution >= 4 is 17.3 Å². The van der Waals surface area contributed by atoms with Crippen LogP contribution in [0.5, 0.6) is 0 Å². The molecular weight excluding hydrogens is 246 g/mol. The summed E-state index contributed by atoms with van der Waals surface area (Å²) in [7, 11) is 0. The molecule has 1 fully saturated rings. The first-order valence-electron chi connectivity index (χ1n) is 6.57. The van der Waals surface area contributed by atoms with Crippen molar-refractivity contribution in [2.75, 3.05) is 17.2 Å². The van der Waals surface area contributed by atoms with Gasteiger partial charge >= 0.3 is 5.69 Å². The minimum Gasteiger partial charge on any atom is -0.364 e. The van der Waals surface area contributed by atoms with Gasteiger partial charge in [0.2, 0.25) is 11.6 Å². The zero-order valence-electron chi connectivity index (χ0n) is 11.3. The van der Waals surface area contributed by atoms with Crippen LogP contribution in [0.25, 0.3) is 0 Å².